The van der Waals surface area contributed by atoms with Crippen LogP contribution in [0.4, 0.5) is 5.69 Å². The molecule has 1 atom stereocenters. The standard InChI is InChI=1S/C18H23NO3/c1-13-7-6-8-14(2)18(13)19-11-15(20)12-22-17-10-5-4-9-16(17)21-3/h4-10,15,19-20H,11-12H2,1-3H3. The molecule has 0 aromatic heterocycles. The number of ether oxygens (including phenoxy) is 2. The van der Waals surface area contributed by atoms with Gasteiger partial charge in [-0.05, 0) is 37.1 Å². The highest BCUT2D eigenvalue weighted by molar-refractivity contribution is 5.56. The van der Waals surface area contributed by atoms with Gasteiger partial charge in [-0.3, -0.25) is 0 Å². The first kappa shape index (κ1) is 16.2. The second-order valence-corrected chi connectivity index (χ2v) is 5.26. The number of aliphatic hydroxyl groups excluding tert-OH is 1. The number of para-hydroxylation sites is 3. The molecule has 1 unspecified atom stereocenters. The van der Waals surface area contributed by atoms with Crippen LogP contribution in [0.25, 0.3) is 0 Å². The second-order valence-electron chi connectivity index (χ2n) is 5.26. The summed E-state index contributed by atoms with van der Waals surface area (Å²) in [5.41, 5.74) is 3.40. The zero-order valence-electron chi connectivity index (χ0n) is 13.3. The molecular formula is C18H23NO3. The highest BCUT2D eigenvalue weighted by Gasteiger charge is 2.09. The average molecular weight is 301 g/mol. The van der Waals surface area contributed by atoms with Gasteiger partial charge >= 0.3 is 0 Å². The molecule has 0 aliphatic carbocycles. The first-order valence-corrected chi connectivity index (χ1v) is 7.35. The molecule has 0 aliphatic heterocycles. The van der Waals surface area contributed by atoms with Crippen LogP contribution in [0, 0.1) is 13.8 Å². The van der Waals surface area contributed by atoms with Gasteiger partial charge < -0.3 is 19.9 Å². The number of nitrogens with one attached hydrogen (secondary N) is 1. The molecule has 2 N–H and O–H groups in total. The van der Waals surface area contributed by atoms with Crippen molar-refractivity contribution in [2.45, 2.75) is 20.0 Å². The molecule has 4 nitrogen and oxygen atoms in total. The van der Waals surface area contributed by atoms with Gasteiger partial charge in [-0.15, -0.1) is 0 Å². The number of hydrogen-bond acceptors (Lipinski definition) is 4. The number of aryl methyl sites for hydroxylation is 2. The third kappa shape index (κ3) is 4.15. The molecule has 0 radical (unpaired) electrons. The van der Waals surface area contributed by atoms with Crippen LogP contribution in [0.5, 0.6) is 11.5 Å². The maximum Gasteiger partial charge on any atom is 0.161 e. The van der Waals surface area contributed by atoms with E-state index in [9.17, 15) is 5.11 Å². The summed E-state index contributed by atoms with van der Waals surface area (Å²) < 4.78 is 10.8. The van der Waals surface area contributed by atoms with Crippen LogP contribution in [0.2, 0.25) is 0 Å². The van der Waals surface area contributed by atoms with Crippen molar-refractivity contribution in [3.05, 3.63) is 53.6 Å². The normalized spacial score (nSPS) is 11.8. The lowest BCUT2D eigenvalue weighted by Crippen LogP contribution is -2.26. The second kappa shape index (κ2) is 7.71. The van der Waals surface area contributed by atoms with Crippen molar-refractivity contribution in [2.75, 3.05) is 25.6 Å². The Kier molecular flexibility index (Phi) is 5.67. The molecule has 0 saturated carbocycles. The minimum absolute atomic E-state index is 0.207. The summed E-state index contributed by atoms with van der Waals surface area (Å²) >= 11 is 0. The van der Waals surface area contributed by atoms with Gasteiger partial charge in [-0.2, -0.15) is 0 Å². The number of rotatable bonds is 7. The summed E-state index contributed by atoms with van der Waals surface area (Å²) in [6, 6.07) is 13.5. The fraction of sp³-hybridized carbons (Fsp3) is 0.333. The van der Waals surface area contributed by atoms with Crippen LogP contribution in [-0.4, -0.2) is 31.5 Å². The lowest BCUT2D eigenvalue weighted by Gasteiger charge is -2.17. The monoisotopic (exact) mass is 301 g/mol. The topological polar surface area (TPSA) is 50.7 Å². The zero-order chi connectivity index (χ0) is 15.9. The van der Waals surface area contributed by atoms with Gasteiger partial charge in [0.15, 0.2) is 11.5 Å². The fourth-order valence-corrected chi connectivity index (χ4v) is 2.30. The summed E-state index contributed by atoms with van der Waals surface area (Å²) in [5.74, 6) is 1.30. The highest BCUT2D eigenvalue weighted by atomic mass is 16.5. The number of hydrogen-bond donors (Lipinski definition) is 2. The number of methoxy groups -OCH3 is 1. The van der Waals surface area contributed by atoms with E-state index in [1.165, 1.54) is 0 Å². The minimum atomic E-state index is -0.607. The Morgan fingerprint density at radius 2 is 1.64 bits per heavy atom. The maximum atomic E-state index is 10.1. The van der Waals surface area contributed by atoms with Crippen molar-refractivity contribution >= 4 is 5.69 Å². The molecule has 4 heteroatoms. The van der Waals surface area contributed by atoms with Gasteiger partial charge in [0.1, 0.15) is 12.7 Å². The zero-order valence-corrected chi connectivity index (χ0v) is 13.3. The molecule has 0 saturated heterocycles. The van der Waals surface area contributed by atoms with E-state index in [4.69, 9.17) is 9.47 Å². The van der Waals surface area contributed by atoms with Crippen LogP contribution in [0.3, 0.4) is 0 Å². The first-order chi connectivity index (χ1) is 10.6. The number of anilines is 1. The van der Waals surface area contributed by atoms with E-state index in [0.717, 1.165) is 16.8 Å². The van der Waals surface area contributed by atoms with Gasteiger partial charge in [-0.1, -0.05) is 30.3 Å². The Labute approximate surface area is 131 Å². The molecule has 0 amide bonds. The third-order valence-electron chi connectivity index (χ3n) is 3.50. The van der Waals surface area contributed by atoms with Crippen molar-refractivity contribution in [3.63, 3.8) is 0 Å². The predicted octanol–water partition coefficient (Wildman–Crippen LogP) is 3.16. The molecule has 2 rings (SSSR count). The Balaban J connectivity index is 1.87. The van der Waals surface area contributed by atoms with Gasteiger partial charge in [0, 0.05) is 12.2 Å². The lowest BCUT2D eigenvalue weighted by atomic mass is 10.1. The summed E-state index contributed by atoms with van der Waals surface area (Å²) in [6.07, 6.45) is -0.607. The largest absolute Gasteiger partial charge is 0.493 e. The Morgan fingerprint density at radius 1 is 1.00 bits per heavy atom. The molecule has 2 aromatic rings. The lowest BCUT2D eigenvalue weighted by molar-refractivity contribution is 0.115. The molecule has 0 aliphatic rings. The van der Waals surface area contributed by atoms with Gasteiger partial charge in [-0.25, -0.2) is 0 Å². The van der Waals surface area contributed by atoms with E-state index < -0.39 is 6.10 Å². The summed E-state index contributed by atoms with van der Waals surface area (Å²) in [7, 11) is 1.60. The van der Waals surface area contributed by atoms with Crippen LogP contribution in [0.15, 0.2) is 42.5 Å². The van der Waals surface area contributed by atoms with E-state index in [1.807, 2.05) is 56.3 Å². The number of aliphatic hydroxyl groups is 1. The Bertz CT molecular complexity index is 593. The Hall–Kier alpha value is -2.20. The van der Waals surface area contributed by atoms with E-state index in [0.29, 0.717) is 18.0 Å². The minimum Gasteiger partial charge on any atom is -0.493 e. The van der Waals surface area contributed by atoms with Gasteiger partial charge in [0.05, 0.1) is 7.11 Å². The van der Waals surface area contributed by atoms with Crippen molar-refractivity contribution in [1.29, 1.82) is 0 Å². The van der Waals surface area contributed by atoms with Crippen LogP contribution >= 0.6 is 0 Å². The van der Waals surface area contributed by atoms with Crippen LogP contribution in [0.1, 0.15) is 11.1 Å². The smallest absolute Gasteiger partial charge is 0.161 e. The predicted molar refractivity (Wildman–Crippen MR) is 88.9 cm³/mol. The molecule has 2 aromatic carbocycles. The van der Waals surface area contributed by atoms with Crippen molar-refractivity contribution in [2.24, 2.45) is 0 Å². The van der Waals surface area contributed by atoms with Crippen LogP contribution in [-0.2, 0) is 0 Å². The quantitative estimate of drug-likeness (QED) is 0.825. The van der Waals surface area contributed by atoms with Crippen molar-refractivity contribution in [1.82, 2.24) is 0 Å². The van der Waals surface area contributed by atoms with Crippen molar-refractivity contribution < 1.29 is 14.6 Å². The fourth-order valence-electron chi connectivity index (χ4n) is 2.30. The van der Waals surface area contributed by atoms with E-state index in [1.54, 1.807) is 7.11 Å². The molecule has 0 heterocycles. The summed E-state index contributed by atoms with van der Waals surface area (Å²) in [6.45, 7) is 4.74. The van der Waals surface area contributed by atoms with Gasteiger partial charge in [0.25, 0.3) is 0 Å². The van der Waals surface area contributed by atoms with Crippen molar-refractivity contribution in [3.8, 4) is 11.5 Å². The summed E-state index contributed by atoms with van der Waals surface area (Å²) in [4.78, 5) is 0. The molecule has 0 fully saturated rings. The molecule has 118 valence electrons. The SMILES string of the molecule is COc1ccccc1OCC(O)CNc1c(C)cccc1C. The van der Waals surface area contributed by atoms with Crippen LogP contribution < -0.4 is 14.8 Å². The van der Waals surface area contributed by atoms with Gasteiger partial charge in [0.2, 0.25) is 0 Å². The molecular weight excluding hydrogens is 278 g/mol. The van der Waals surface area contributed by atoms with E-state index in [-0.39, 0.29) is 6.61 Å². The average Bonchev–Trinajstić information content (AvgIpc) is 2.52. The third-order valence-corrected chi connectivity index (χ3v) is 3.50. The Morgan fingerprint density at radius 3 is 2.27 bits per heavy atom. The number of benzene rings is 2. The first-order valence-electron chi connectivity index (χ1n) is 7.35. The molecule has 0 spiro atoms. The highest BCUT2D eigenvalue weighted by Crippen LogP contribution is 2.26. The molecule has 0 bridgehead atoms. The summed E-state index contributed by atoms with van der Waals surface area (Å²) in [5, 5.41) is 13.4. The van der Waals surface area contributed by atoms with E-state index in [2.05, 4.69) is 5.32 Å². The molecule has 22 heavy (non-hydrogen) atoms. The maximum absolute atomic E-state index is 10.1. The van der Waals surface area contributed by atoms with E-state index >= 15 is 0 Å².